The number of hydrogen-bond acceptors (Lipinski definition) is 6. The van der Waals surface area contributed by atoms with Crippen LogP contribution in [0.2, 0.25) is 0 Å². The zero-order valence-electron chi connectivity index (χ0n) is 12.7. The molecule has 0 heterocycles. The van der Waals surface area contributed by atoms with E-state index in [9.17, 15) is 9.59 Å². The molecular formula is C13H26N2O6. The Hall–Kier alpha value is -1.22. The maximum absolute atomic E-state index is 11.3. The molecule has 8 nitrogen and oxygen atoms in total. The van der Waals surface area contributed by atoms with Crippen LogP contribution in [0.1, 0.15) is 13.8 Å². The third kappa shape index (κ3) is 15.0. The summed E-state index contributed by atoms with van der Waals surface area (Å²) in [5.41, 5.74) is 0. The molecule has 0 saturated heterocycles. The zero-order valence-corrected chi connectivity index (χ0v) is 12.7. The number of carbonyl (C=O) groups is 2. The average Bonchev–Trinajstić information content (AvgIpc) is 2.46. The summed E-state index contributed by atoms with van der Waals surface area (Å²) >= 11 is 0. The van der Waals surface area contributed by atoms with Crippen molar-refractivity contribution in [1.29, 1.82) is 0 Å². The highest BCUT2D eigenvalue weighted by Gasteiger charge is 2.02. The van der Waals surface area contributed by atoms with Crippen LogP contribution in [-0.4, -0.2) is 75.8 Å². The van der Waals surface area contributed by atoms with Crippen LogP contribution in [0.5, 0.6) is 0 Å². The van der Waals surface area contributed by atoms with Gasteiger partial charge in [-0.15, -0.1) is 0 Å². The molecule has 124 valence electrons. The van der Waals surface area contributed by atoms with E-state index in [1.54, 1.807) is 0 Å². The molecule has 2 amide bonds. The lowest BCUT2D eigenvalue weighted by Crippen LogP contribution is -2.32. The van der Waals surface area contributed by atoms with Crippen molar-refractivity contribution in [1.82, 2.24) is 10.6 Å². The van der Waals surface area contributed by atoms with Gasteiger partial charge in [0.05, 0.1) is 32.5 Å². The fourth-order valence-corrected chi connectivity index (χ4v) is 1.20. The van der Waals surface area contributed by atoms with Crippen LogP contribution in [0.3, 0.4) is 0 Å². The Morgan fingerprint density at radius 3 is 1.95 bits per heavy atom. The average molecular weight is 306 g/mol. The van der Waals surface area contributed by atoms with Gasteiger partial charge in [-0.1, -0.05) is 0 Å². The standard InChI is InChI=1S/C13H26N2O6/c1-11(2)21-10-13(18)15-4-6-20-8-7-19-5-3-14-12(17)9-16/h11,16H,3-10H2,1-2H3,(H,14,17)(H,15,18). The highest BCUT2D eigenvalue weighted by molar-refractivity contribution is 5.77. The number of amides is 2. The van der Waals surface area contributed by atoms with E-state index in [-0.39, 0.29) is 18.6 Å². The number of ether oxygens (including phenoxy) is 3. The summed E-state index contributed by atoms with van der Waals surface area (Å²) in [7, 11) is 0. The summed E-state index contributed by atoms with van der Waals surface area (Å²) in [5.74, 6) is -0.588. The molecule has 0 aliphatic carbocycles. The first kappa shape index (κ1) is 19.8. The summed E-state index contributed by atoms with van der Waals surface area (Å²) in [4.78, 5) is 21.9. The molecule has 8 heteroatoms. The predicted molar refractivity (Wildman–Crippen MR) is 75.8 cm³/mol. The molecule has 0 atom stereocenters. The smallest absolute Gasteiger partial charge is 0.246 e. The summed E-state index contributed by atoms with van der Waals surface area (Å²) in [6.45, 7) is 5.62. The lowest BCUT2D eigenvalue weighted by molar-refractivity contribution is -0.127. The first-order valence-electron chi connectivity index (χ1n) is 6.97. The van der Waals surface area contributed by atoms with Gasteiger partial charge < -0.3 is 30.0 Å². The van der Waals surface area contributed by atoms with E-state index < -0.39 is 12.5 Å². The maximum atomic E-state index is 11.3. The van der Waals surface area contributed by atoms with Crippen molar-refractivity contribution in [3.05, 3.63) is 0 Å². The van der Waals surface area contributed by atoms with Crippen molar-refractivity contribution in [3.63, 3.8) is 0 Å². The highest BCUT2D eigenvalue weighted by Crippen LogP contribution is 1.86. The van der Waals surface area contributed by atoms with Crippen molar-refractivity contribution in [2.45, 2.75) is 20.0 Å². The highest BCUT2D eigenvalue weighted by atomic mass is 16.5. The number of hydrogen-bond donors (Lipinski definition) is 3. The second-order valence-electron chi connectivity index (χ2n) is 4.44. The maximum Gasteiger partial charge on any atom is 0.246 e. The topological polar surface area (TPSA) is 106 Å². The minimum atomic E-state index is -0.517. The van der Waals surface area contributed by atoms with E-state index in [0.717, 1.165) is 0 Å². The van der Waals surface area contributed by atoms with Crippen LogP contribution in [-0.2, 0) is 23.8 Å². The van der Waals surface area contributed by atoms with Crippen LogP contribution in [0.25, 0.3) is 0 Å². The molecule has 0 aliphatic heterocycles. The summed E-state index contributed by atoms with van der Waals surface area (Å²) < 4.78 is 15.6. The van der Waals surface area contributed by atoms with Crippen LogP contribution in [0, 0.1) is 0 Å². The molecule has 0 aliphatic rings. The van der Waals surface area contributed by atoms with Gasteiger partial charge >= 0.3 is 0 Å². The largest absolute Gasteiger partial charge is 0.387 e. The Morgan fingerprint density at radius 2 is 1.48 bits per heavy atom. The van der Waals surface area contributed by atoms with Crippen LogP contribution in [0.15, 0.2) is 0 Å². The molecule has 0 spiro atoms. The van der Waals surface area contributed by atoms with Crippen molar-refractivity contribution >= 4 is 11.8 Å². The summed E-state index contributed by atoms with van der Waals surface area (Å²) in [6.07, 6.45) is 0.0336. The minimum absolute atomic E-state index is 0.0336. The number of aliphatic hydroxyl groups is 1. The molecular weight excluding hydrogens is 280 g/mol. The van der Waals surface area contributed by atoms with Crippen LogP contribution in [0.4, 0.5) is 0 Å². The Kier molecular flexibility index (Phi) is 13.0. The zero-order chi connectivity index (χ0) is 15.9. The molecule has 0 aromatic carbocycles. The molecule has 0 unspecified atom stereocenters. The molecule has 21 heavy (non-hydrogen) atoms. The van der Waals surface area contributed by atoms with Gasteiger partial charge in [-0.3, -0.25) is 9.59 Å². The van der Waals surface area contributed by atoms with E-state index in [4.69, 9.17) is 19.3 Å². The van der Waals surface area contributed by atoms with Gasteiger partial charge in [-0.05, 0) is 13.8 Å². The fourth-order valence-electron chi connectivity index (χ4n) is 1.20. The third-order valence-electron chi connectivity index (χ3n) is 2.20. The molecule has 0 aromatic rings. The van der Waals surface area contributed by atoms with Crippen molar-refractivity contribution in [3.8, 4) is 0 Å². The Morgan fingerprint density at radius 1 is 0.952 bits per heavy atom. The lowest BCUT2D eigenvalue weighted by atomic mass is 10.5. The number of aliphatic hydroxyl groups excluding tert-OH is 1. The number of rotatable bonds is 13. The van der Waals surface area contributed by atoms with E-state index >= 15 is 0 Å². The first-order valence-corrected chi connectivity index (χ1v) is 6.97. The monoisotopic (exact) mass is 306 g/mol. The molecule has 0 fully saturated rings. The normalized spacial score (nSPS) is 10.7. The van der Waals surface area contributed by atoms with Gasteiger partial charge in [0, 0.05) is 13.1 Å². The van der Waals surface area contributed by atoms with Gasteiger partial charge in [0.1, 0.15) is 13.2 Å². The van der Waals surface area contributed by atoms with Gasteiger partial charge in [-0.2, -0.15) is 0 Å². The third-order valence-corrected chi connectivity index (χ3v) is 2.20. The van der Waals surface area contributed by atoms with Crippen molar-refractivity contribution in [2.24, 2.45) is 0 Å². The fraction of sp³-hybridized carbons (Fsp3) is 0.846. The minimum Gasteiger partial charge on any atom is -0.387 e. The van der Waals surface area contributed by atoms with Gasteiger partial charge in [0.2, 0.25) is 11.8 Å². The molecule has 0 bridgehead atoms. The predicted octanol–water partition coefficient (Wildman–Crippen LogP) is -1.33. The quantitative estimate of drug-likeness (QED) is 0.364. The van der Waals surface area contributed by atoms with E-state index in [0.29, 0.717) is 39.5 Å². The molecule has 0 rings (SSSR count). The van der Waals surface area contributed by atoms with Crippen molar-refractivity contribution < 1.29 is 28.9 Å². The Bertz CT molecular complexity index is 286. The number of carbonyl (C=O) groups excluding carboxylic acids is 2. The second kappa shape index (κ2) is 13.7. The van der Waals surface area contributed by atoms with Crippen LogP contribution < -0.4 is 10.6 Å². The summed E-state index contributed by atoms with van der Waals surface area (Å²) in [5, 5.41) is 13.6. The van der Waals surface area contributed by atoms with Crippen molar-refractivity contribution in [2.75, 3.05) is 52.7 Å². The van der Waals surface area contributed by atoms with Gasteiger partial charge in [0.15, 0.2) is 0 Å². The first-order chi connectivity index (χ1) is 10.1. The van der Waals surface area contributed by atoms with Gasteiger partial charge in [0.25, 0.3) is 0 Å². The Labute approximate surface area is 125 Å². The number of nitrogens with one attached hydrogen (secondary N) is 2. The SMILES string of the molecule is CC(C)OCC(=O)NCCOCCOCCNC(=O)CO. The van der Waals surface area contributed by atoms with E-state index in [1.165, 1.54) is 0 Å². The molecule has 0 radical (unpaired) electrons. The molecule has 0 aromatic heterocycles. The van der Waals surface area contributed by atoms with Gasteiger partial charge in [-0.25, -0.2) is 0 Å². The van der Waals surface area contributed by atoms with Crippen LogP contribution >= 0.6 is 0 Å². The molecule has 3 N–H and O–H groups in total. The lowest BCUT2D eigenvalue weighted by Gasteiger charge is -2.09. The Balaban J connectivity index is 3.18. The summed E-state index contributed by atoms with van der Waals surface area (Å²) in [6, 6.07) is 0. The second-order valence-corrected chi connectivity index (χ2v) is 4.44. The molecule has 0 saturated carbocycles. The van der Waals surface area contributed by atoms with E-state index in [2.05, 4.69) is 10.6 Å². The van der Waals surface area contributed by atoms with E-state index in [1.807, 2.05) is 13.8 Å².